The summed E-state index contributed by atoms with van der Waals surface area (Å²) >= 11 is 0. The van der Waals surface area contributed by atoms with Gasteiger partial charge in [0, 0.05) is 5.57 Å². The fourth-order valence-corrected chi connectivity index (χ4v) is 2.37. The van der Waals surface area contributed by atoms with Crippen LogP contribution in [0.15, 0.2) is 53.2 Å². The van der Waals surface area contributed by atoms with Gasteiger partial charge in [-0.2, -0.15) is 0 Å². The van der Waals surface area contributed by atoms with E-state index in [0.717, 1.165) is 18.4 Å². The lowest BCUT2D eigenvalue weighted by Gasteiger charge is -2.00. The molecule has 1 fully saturated rings. The van der Waals surface area contributed by atoms with Crippen LogP contribution in [0.5, 0.6) is 0 Å². The highest BCUT2D eigenvalue weighted by atomic mass is 16.6. The van der Waals surface area contributed by atoms with Crippen molar-refractivity contribution in [3.8, 4) is 0 Å². The summed E-state index contributed by atoms with van der Waals surface area (Å²) in [6.07, 6.45) is 10.1. The van der Waals surface area contributed by atoms with Crippen LogP contribution >= 0.6 is 0 Å². The van der Waals surface area contributed by atoms with E-state index < -0.39 is 0 Å². The van der Waals surface area contributed by atoms with Crippen LogP contribution in [0.3, 0.4) is 0 Å². The molecule has 1 aliphatic heterocycles. The molecule has 1 aliphatic carbocycles. The number of rotatable bonds is 4. The fraction of sp³-hybridized carbons (Fsp3) is 0.375. The maximum absolute atomic E-state index is 11.8. The van der Waals surface area contributed by atoms with Gasteiger partial charge in [0.1, 0.15) is 5.70 Å². The lowest BCUT2D eigenvalue weighted by Crippen LogP contribution is -2.06. The molecule has 19 heavy (non-hydrogen) atoms. The van der Waals surface area contributed by atoms with Crippen LogP contribution in [0.2, 0.25) is 0 Å². The molecule has 0 aromatic heterocycles. The van der Waals surface area contributed by atoms with Crippen molar-refractivity contribution in [3.05, 3.63) is 48.2 Å². The van der Waals surface area contributed by atoms with Gasteiger partial charge in [-0.25, -0.2) is 9.79 Å². The highest BCUT2D eigenvalue weighted by molar-refractivity contribution is 6.12. The second-order valence-corrected chi connectivity index (χ2v) is 5.05. The Morgan fingerprint density at radius 1 is 1.42 bits per heavy atom. The predicted octanol–water partition coefficient (Wildman–Crippen LogP) is 3.70. The summed E-state index contributed by atoms with van der Waals surface area (Å²) in [6.45, 7) is 9.38. The standard InChI is InChI=1S/C16H19NO2/c1-4-13(9-11(2)3)15-17-14(16(18)19-15)10-12-7-5-6-8-12/h4,9-10,12H,1-2,5-8H2,3H3/b13-9+,14-10-. The number of carbonyl (C=O) groups is 1. The molecule has 3 heteroatoms. The number of aliphatic imine (C=N–C) groups is 1. The SMILES string of the molecule is C=C/C(=C\C(=C)C)C1=N/C(=C\C2CCCC2)C(=O)O1. The van der Waals surface area contributed by atoms with E-state index in [1.165, 1.54) is 12.8 Å². The second kappa shape index (κ2) is 5.83. The monoisotopic (exact) mass is 257 g/mol. The summed E-state index contributed by atoms with van der Waals surface area (Å²) in [6, 6.07) is 0. The Morgan fingerprint density at radius 3 is 2.68 bits per heavy atom. The average molecular weight is 257 g/mol. The Bertz CT molecular complexity index is 503. The van der Waals surface area contributed by atoms with Crippen molar-refractivity contribution in [2.24, 2.45) is 10.9 Å². The topological polar surface area (TPSA) is 38.7 Å². The van der Waals surface area contributed by atoms with Crippen LogP contribution in [0.1, 0.15) is 32.6 Å². The van der Waals surface area contributed by atoms with Crippen LogP contribution in [0.25, 0.3) is 0 Å². The molecule has 0 atom stereocenters. The van der Waals surface area contributed by atoms with Crippen molar-refractivity contribution in [1.82, 2.24) is 0 Å². The zero-order chi connectivity index (χ0) is 13.8. The summed E-state index contributed by atoms with van der Waals surface area (Å²) in [5.74, 6) is 0.423. The molecular weight excluding hydrogens is 238 g/mol. The van der Waals surface area contributed by atoms with Crippen molar-refractivity contribution < 1.29 is 9.53 Å². The zero-order valence-electron chi connectivity index (χ0n) is 11.3. The molecule has 1 heterocycles. The third-order valence-corrected chi connectivity index (χ3v) is 3.28. The van der Waals surface area contributed by atoms with Gasteiger partial charge < -0.3 is 4.74 Å². The molecule has 3 nitrogen and oxygen atoms in total. The number of ether oxygens (including phenoxy) is 1. The first kappa shape index (κ1) is 13.5. The minimum absolute atomic E-state index is 0.326. The molecule has 0 N–H and O–H groups in total. The van der Waals surface area contributed by atoms with E-state index in [9.17, 15) is 4.79 Å². The largest absolute Gasteiger partial charge is 0.402 e. The van der Waals surface area contributed by atoms with E-state index in [0.29, 0.717) is 23.1 Å². The van der Waals surface area contributed by atoms with Gasteiger partial charge in [0.25, 0.3) is 0 Å². The van der Waals surface area contributed by atoms with Gasteiger partial charge >= 0.3 is 5.97 Å². The molecule has 2 aliphatic rings. The highest BCUT2D eigenvalue weighted by Gasteiger charge is 2.26. The van der Waals surface area contributed by atoms with Gasteiger partial charge in [0.2, 0.25) is 5.90 Å². The van der Waals surface area contributed by atoms with E-state index in [2.05, 4.69) is 18.2 Å². The Kier molecular flexibility index (Phi) is 4.15. The number of cyclic esters (lactones) is 1. The lowest BCUT2D eigenvalue weighted by atomic mass is 10.1. The summed E-state index contributed by atoms with van der Waals surface area (Å²) in [5, 5.41) is 0. The van der Waals surface area contributed by atoms with E-state index in [1.807, 2.05) is 13.0 Å². The molecule has 0 spiro atoms. The number of esters is 1. The third kappa shape index (κ3) is 3.31. The maximum Gasteiger partial charge on any atom is 0.363 e. The Labute approximate surface area is 114 Å². The van der Waals surface area contributed by atoms with Gasteiger partial charge in [0.15, 0.2) is 0 Å². The number of allylic oxidation sites excluding steroid dienone is 3. The second-order valence-electron chi connectivity index (χ2n) is 5.05. The molecule has 2 rings (SSSR count). The van der Waals surface area contributed by atoms with Gasteiger partial charge in [0.05, 0.1) is 0 Å². The fourth-order valence-electron chi connectivity index (χ4n) is 2.37. The molecule has 0 bridgehead atoms. The van der Waals surface area contributed by atoms with Crippen LogP contribution < -0.4 is 0 Å². The molecule has 0 amide bonds. The Hall–Kier alpha value is -1.90. The Balaban J connectivity index is 2.22. The Morgan fingerprint density at radius 2 is 2.11 bits per heavy atom. The quantitative estimate of drug-likeness (QED) is 0.437. The zero-order valence-corrected chi connectivity index (χ0v) is 11.3. The van der Waals surface area contributed by atoms with Crippen molar-refractivity contribution >= 4 is 11.9 Å². The first-order chi connectivity index (χ1) is 9.10. The summed E-state index contributed by atoms with van der Waals surface area (Å²) in [4.78, 5) is 16.1. The first-order valence-corrected chi connectivity index (χ1v) is 6.63. The molecule has 0 radical (unpaired) electrons. The van der Waals surface area contributed by atoms with E-state index in [1.54, 1.807) is 12.2 Å². The maximum atomic E-state index is 11.8. The molecule has 100 valence electrons. The van der Waals surface area contributed by atoms with E-state index >= 15 is 0 Å². The normalized spacial score (nSPS) is 22.6. The van der Waals surface area contributed by atoms with Gasteiger partial charge in [-0.05, 0) is 37.8 Å². The first-order valence-electron chi connectivity index (χ1n) is 6.63. The van der Waals surface area contributed by atoms with Gasteiger partial charge in [-0.15, -0.1) is 0 Å². The van der Waals surface area contributed by atoms with Crippen LogP contribution in [0.4, 0.5) is 0 Å². The molecular formula is C16H19NO2. The lowest BCUT2D eigenvalue weighted by molar-refractivity contribution is -0.130. The number of hydrogen-bond acceptors (Lipinski definition) is 3. The van der Waals surface area contributed by atoms with E-state index in [-0.39, 0.29) is 5.97 Å². The van der Waals surface area contributed by atoms with E-state index in [4.69, 9.17) is 4.74 Å². The minimum atomic E-state index is -0.364. The molecule has 0 aromatic rings. The summed E-state index contributed by atoms with van der Waals surface area (Å²) < 4.78 is 5.20. The minimum Gasteiger partial charge on any atom is -0.402 e. The molecule has 0 unspecified atom stereocenters. The smallest absolute Gasteiger partial charge is 0.363 e. The third-order valence-electron chi connectivity index (χ3n) is 3.28. The molecule has 0 saturated heterocycles. The van der Waals surface area contributed by atoms with Crippen LogP contribution in [-0.2, 0) is 9.53 Å². The average Bonchev–Trinajstić information content (AvgIpc) is 2.97. The highest BCUT2D eigenvalue weighted by Crippen LogP contribution is 2.28. The van der Waals surface area contributed by atoms with Gasteiger partial charge in [-0.1, -0.05) is 37.6 Å². The van der Waals surface area contributed by atoms with Crippen molar-refractivity contribution in [2.75, 3.05) is 0 Å². The van der Waals surface area contributed by atoms with Crippen molar-refractivity contribution in [2.45, 2.75) is 32.6 Å². The van der Waals surface area contributed by atoms with Crippen molar-refractivity contribution in [1.29, 1.82) is 0 Å². The number of carbonyl (C=O) groups excluding carboxylic acids is 1. The summed E-state index contributed by atoms with van der Waals surface area (Å²) in [5.41, 5.74) is 1.98. The summed E-state index contributed by atoms with van der Waals surface area (Å²) in [7, 11) is 0. The van der Waals surface area contributed by atoms with Crippen molar-refractivity contribution in [3.63, 3.8) is 0 Å². The number of nitrogens with zero attached hydrogens (tertiary/aromatic N) is 1. The van der Waals surface area contributed by atoms with Crippen LogP contribution in [0, 0.1) is 5.92 Å². The van der Waals surface area contributed by atoms with Gasteiger partial charge in [-0.3, -0.25) is 0 Å². The predicted molar refractivity (Wildman–Crippen MR) is 76.7 cm³/mol. The van der Waals surface area contributed by atoms with Crippen LogP contribution in [-0.4, -0.2) is 11.9 Å². The molecule has 0 aromatic carbocycles. The number of hydrogen-bond donors (Lipinski definition) is 0. The molecule has 1 saturated carbocycles.